The normalized spacial score (nSPS) is 30.6. The van der Waals surface area contributed by atoms with Gasteiger partial charge >= 0.3 is 0 Å². The number of fused-ring (bicyclic) bond motifs is 5. The summed E-state index contributed by atoms with van der Waals surface area (Å²) in [5.74, 6) is -0.614. The van der Waals surface area contributed by atoms with Gasteiger partial charge in [0.25, 0.3) is 5.91 Å². The number of methoxy groups -OCH3 is 1. The molecule has 2 aromatic rings. The summed E-state index contributed by atoms with van der Waals surface area (Å²) >= 11 is 13.4. The molecular weight excluding hydrogens is 564 g/mol. The number of hydrogen-bond donors (Lipinski definition) is 1. The zero-order chi connectivity index (χ0) is 22.7. The van der Waals surface area contributed by atoms with Crippen molar-refractivity contribution in [3.63, 3.8) is 0 Å². The van der Waals surface area contributed by atoms with Crippen LogP contribution in [0.1, 0.15) is 16.8 Å². The van der Waals surface area contributed by atoms with Crippen molar-refractivity contribution in [2.45, 2.75) is 16.1 Å². The Labute approximate surface area is 206 Å². The SMILES string of the molecule is COc1ccc(Cl)cc1NC(=O)c1cccc(N2C(=O)[C@@H]3[C@H]4C[C@@H]([C@H](Br)[C@H]4Br)[C@@H]3C2=O)c1. The maximum atomic E-state index is 13.3. The van der Waals surface area contributed by atoms with E-state index in [0.717, 1.165) is 6.42 Å². The maximum Gasteiger partial charge on any atom is 0.255 e. The van der Waals surface area contributed by atoms with Crippen molar-refractivity contribution in [3.8, 4) is 5.75 Å². The first kappa shape index (κ1) is 21.9. The van der Waals surface area contributed by atoms with E-state index in [2.05, 4.69) is 37.2 Å². The zero-order valence-corrected chi connectivity index (χ0v) is 20.9. The lowest BCUT2D eigenvalue weighted by molar-refractivity contribution is -0.123. The number of carbonyl (C=O) groups is 3. The first-order valence-corrected chi connectivity index (χ1v) is 12.4. The molecule has 6 atom stereocenters. The largest absolute Gasteiger partial charge is 0.495 e. The van der Waals surface area contributed by atoms with Crippen molar-refractivity contribution in [2.24, 2.45) is 23.7 Å². The summed E-state index contributed by atoms with van der Waals surface area (Å²) in [6, 6.07) is 11.5. The van der Waals surface area contributed by atoms with Crippen molar-refractivity contribution in [3.05, 3.63) is 53.1 Å². The van der Waals surface area contributed by atoms with E-state index < -0.39 is 5.91 Å². The highest BCUT2D eigenvalue weighted by atomic mass is 79.9. The number of carbonyl (C=O) groups excluding carboxylic acids is 3. The summed E-state index contributed by atoms with van der Waals surface area (Å²) in [5, 5.41) is 3.24. The smallest absolute Gasteiger partial charge is 0.255 e. The van der Waals surface area contributed by atoms with Gasteiger partial charge in [0.15, 0.2) is 0 Å². The van der Waals surface area contributed by atoms with Gasteiger partial charge in [-0.2, -0.15) is 0 Å². The van der Waals surface area contributed by atoms with Crippen LogP contribution in [-0.2, 0) is 9.59 Å². The molecule has 9 heteroatoms. The van der Waals surface area contributed by atoms with Gasteiger partial charge in [0.2, 0.25) is 11.8 Å². The van der Waals surface area contributed by atoms with Crippen LogP contribution in [0.5, 0.6) is 5.75 Å². The molecule has 0 spiro atoms. The third-order valence-corrected chi connectivity index (χ3v) is 10.2. The van der Waals surface area contributed by atoms with Crippen molar-refractivity contribution in [1.82, 2.24) is 0 Å². The van der Waals surface area contributed by atoms with E-state index in [1.54, 1.807) is 42.5 Å². The Balaban J connectivity index is 1.42. The molecule has 1 heterocycles. The van der Waals surface area contributed by atoms with Crippen LogP contribution in [0.4, 0.5) is 11.4 Å². The summed E-state index contributed by atoms with van der Waals surface area (Å²) in [4.78, 5) is 41.1. The summed E-state index contributed by atoms with van der Waals surface area (Å²) in [7, 11) is 1.50. The summed E-state index contributed by atoms with van der Waals surface area (Å²) in [6.07, 6.45) is 0.871. The number of nitrogens with one attached hydrogen (secondary N) is 1. The Bertz CT molecular complexity index is 1110. The summed E-state index contributed by atoms with van der Waals surface area (Å²) < 4.78 is 5.28. The highest BCUT2D eigenvalue weighted by molar-refractivity contribution is 9.12. The molecule has 0 aromatic heterocycles. The average molecular weight is 583 g/mol. The molecule has 1 N–H and O–H groups in total. The molecule has 2 aliphatic carbocycles. The molecule has 32 heavy (non-hydrogen) atoms. The lowest BCUT2D eigenvalue weighted by atomic mass is 9.81. The first-order chi connectivity index (χ1) is 15.3. The van der Waals surface area contributed by atoms with Crippen molar-refractivity contribution >= 4 is 72.6 Å². The highest BCUT2D eigenvalue weighted by Crippen LogP contribution is 2.60. The summed E-state index contributed by atoms with van der Waals surface area (Å²) in [6.45, 7) is 0. The molecule has 1 aliphatic heterocycles. The minimum absolute atomic E-state index is 0.137. The monoisotopic (exact) mass is 580 g/mol. The number of hydrogen-bond acceptors (Lipinski definition) is 4. The van der Waals surface area contributed by atoms with Crippen molar-refractivity contribution in [2.75, 3.05) is 17.3 Å². The highest BCUT2D eigenvalue weighted by Gasteiger charge is 2.66. The number of alkyl halides is 2. The number of anilines is 2. The summed E-state index contributed by atoms with van der Waals surface area (Å²) in [5.41, 5.74) is 1.17. The Morgan fingerprint density at radius 3 is 2.34 bits per heavy atom. The molecule has 6 nitrogen and oxygen atoms in total. The molecule has 3 amide bonds. The van der Waals surface area contributed by atoms with Crippen LogP contribution in [0, 0.1) is 23.7 Å². The zero-order valence-electron chi connectivity index (χ0n) is 16.9. The van der Waals surface area contributed by atoms with E-state index in [-0.39, 0.29) is 45.1 Å². The van der Waals surface area contributed by atoms with Crippen LogP contribution in [0.2, 0.25) is 5.02 Å². The minimum atomic E-state index is -0.396. The second kappa shape index (κ2) is 8.15. The van der Waals surface area contributed by atoms with E-state index in [1.165, 1.54) is 12.0 Å². The van der Waals surface area contributed by atoms with Gasteiger partial charge in [0, 0.05) is 20.2 Å². The van der Waals surface area contributed by atoms with Crippen LogP contribution in [-0.4, -0.2) is 34.5 Å². The number of imide groups is 1. The molecule has 0 unspecified atom stereocenters. The Kier molecular flexibility index (Phi) is 5.58. The molecule has 1 saturated heterocycles. The Morgan fingerprint density at radius 2 is 1.72 bits per heavy atom. The number of amides is 3. The van der Waals surface area contributed by atoms with Crippen molar-refractivity contribution < 1.29 is 19.1 Å². The van der Waals surface area contributed by atoms with Gasteiger partial charge in [-0.25, -0.2) is 0 Å². The molecule has 3 fully saturated rings. The third kappa shape index (κ3) is 3.30. The fourth-order valence-corrected chi connectivity index (χ4v) is 7.41. The average Bonchev–Trinajstić information content (AvgIpc) is 3.39. The first-order valence-electron chi connectivity index (χ1n) is 10.2. The van der Waals surface area contributed by atoms with Gasteiger partial charge in [-0.15, -0.1) is 0 Å². The van der Waals surface area contributed by atoms with E-state index in [0.29, 0.717) is 27.7 Å². The molecule has 166 valence electrons. The van der Waals surface area contributed by atoms with Crippen LogP contribution >= 0.6 is 43.5 Å². The van der Waals surface area contributed by atoms with Crippen LogP contribution < -0.4 is 15.0 Å². The second-order valence-electron chi connectivity index (χ2n) is 8.36. The molecule has 2 saturated carbocycles. The number of rotatable bonds is 4. The van der Waals surface area contributed by atoms with E-state index in [1.807, 2.05) is 0 Å². The molecule has 0 radical (unpaired) electrons. The fraction of sp³-hybridized carbons (Fsp3) is 0.348. The van der Waals surface area contributed by atoms with Gasteiger partial charge < -0.3 is 10.1 Å². The van der Waals surface area contributed by atoms with Crippen LogP contribution in [0.25, 0.3) is 0 Å². The lowest BCUT2D eigenvalue weighted by Crippen LogP contribution is -2.37. The molecule has 2 aromatic carbocycles. The third-order valence-electron chi connectivity index (χ3n) is 6.76. The second-order valence-corrected chi connectivity index (χ2v) is 10.9. The van der Waals surface area contributed by atoms with Gasteiger partial charge in [-0.05, 0) is 54.7 Å². The van der Waals surface area contributed by atoms with E-state index in [9.17, 15) is 14.4 Å². The molecular formula is C23H19Br2ClN2O4. The Morgan fingerprint density at radius 1 is 1.06 bits per heavy atom. The minimum Gasteiger partial charge on any atom is -0.495 e. The van der Waals surface area contributed by atoms with Gasteiger partial charge in [0.05, 0.1) is 30.3 Å². The van der Waals surface area contributed by atoms with Crippen LogP contribution in [0.15, 0.2) is 42.5 Å². The van der Waals surface area contributed by atoms with Crippen molar-refractivity contribution in [1.29, 1.82) is 0 Å². The van der Waals surface area contributed by atoms with Gasteiger partial charge in [0.1, 0.15) is 5.75 Å². The molecule has 2 bridgehead atoms. The van der Waals surface area contributed by atoms with Gasteiger partial charge in [-0.1, -0.05) is 49.5 Å². The fourth-order valence-electron chi connectivity index (χ4n) is 5.36. The van der Waals surface area contributed by atoms with Gasteiger partial charge in [-0.3, -0.25) is 19.3 Å². The number of benzene rings is 2. The quantitative estimate of drug-likeness (QED) is 0.412. The van der Waals surface area contributed by atoms with E-state index in [4.69, 9.17) is 16.3 Å². The van der Waals surface area contributed by atoms with E-state index >= 15 is 0 Å². The maximum absolute atomic E-state index is 13.3. The number of halogens is 3. The predicted octanol–water partition coefficient (Wildman–Crippen LogP) is 4.88. The topological polar surface area (TPSA) is 75.7 Å². The lowest BCUT2D eigenvalue weighted by Gasteiger charge is -2.28. The molecule has 3 aliphatic rings. The van der Waals surface area contributed by atoms with Crippen LogP contribution in [0.3, 0.4) is 0 Å². The Hall–Kier alpha value is -1.90. The number of ether oxygens (including phenoxy) is 1. The standard InChI is InChI=1S/C23H19Br2ClN2O4/c1-32-16-6-5-11(26)8-15(16)27-21(29)10-3-2-4-12(7-10)28-22(30)17-13-9-14(18(17)23(28)31)20(25)19(13)24/h2-8,13-14,17-20H,9H2,1H3,(H,27,29)/t13-,14-,17-,18+,19+,20+/m1/s1. The predicted molar refractivity (Wildman–Crippen MR) is 129 cm³/mol. The molecule has 5 rings (SSSR count). The number of nitrogens with zero attached hydrogens (tertiary/aromatic N) is 1.